The Morgan fingerprint density at radius 1 is 1.73 bits per heavy atom. The third-order valence-electron chi connectivity index (χ3n) is 1.52. The van der Waals surface area contributed by atoms with Gasteiger partial charge in [-0.15, -0.1) is 0 Å². The van der Waals surface area contributed by atoms with Gasteiger partial charge in [0.2, 0.25) is 0 Å². The Morgan fingerprint density at radius 3 is 3.13 bits per heavy atom. The molecule has 1 aromatic rings. The fraction of sp³-hybridized carbons (Fsp3) is 0.375. The minimum absolute atomic E-state index is 0.351. The van der Waals surface area contributed by atoms with Gasteiger partial charge in [-0.1, -0.05) is 11.6 Å². The van der Waals surface area contributed by atoms with E-state index >= 15 is 0 Å². The van der Waals surface area contributed by atoms with Gasteiger partial charge >= 0.3 is 0 Å². The first-order valence-corrected chi connectivity index (χ1v) is 6.57. The molecular weight excluding hydrogens is 304 g/mol. The summed E-state index contributed by atoms with van der Waals surface area (Å²) in [7, 11) is 1.57. The SMILES string of the molecule is COCC[S+]([O-])Nc1cc(Cl)ncc1Br. The summed E-state index contributed by atoms with van der Waals surface area (Å²) in [6, 6.07) is 1.61. The maximum atomic E-state index is 11.5. The van der Waals surface area contributed by atoms with E-state index in [1.165, 1.54) is 0 Å². The Kier molecular flexibility index (Phi) is 5.70. The Hall–Kier alpha value is -0.0100. The van der Waals surface area contributed by atoms with E-state index in [9.17, 15) is 4.55 Å². The summed E-state index contributed by atoms with van der Waals surface area (Å²) < 4.78 is 19.8. The van der Waals surface area contributed by atoms with Gasteiger partial charge in [-0.3, -0.25) is 0 Å². The second-order valence-electron chi connectivity index (χ2n) is 2.63. The molecule has 7 heteroatoms. The molecule has 1 heterocycles. The summed E-state index contributed by atoms with van der Waals surface area (Å²) in [5.41, 5.74) is 0.657. The van der Waals surface area contributed by atoms with E-state index in [1.807, 2.05) is 0 Å². The Morgan fingerprint density at radius 2 is 2.47 bits per heavy atom. The molecule has 0 saturated heterocycles. The minimum atomic E-state index is -1.18. The lowest BCUT2D eigenvalue weighted by atomic mass is 10.4. The van der Waals surface area contributed by atoms with E-state index in [4.69, 9.17) is 16.3 Å². The molecule has 0 saturated carbocycles. The van der Waals surface area contributed by atoms with Crippen LogP contribution in [0.15, 0.2) is 16.7 Å². The van der Waals surface area contributed by atoms with E-state index < -0.39 is 11.4 Å². The lowest BCUT2D eigenvalue weighted by Gasteiger charge is -2.12. The molecule has 0 fully saturated rings. The molecular formula is C8H10BrClN2O2S. The van der Waals surface area contributed by atoms with Crippen LogP contribution < -0.4 is 4.72 Å². The Labute approximate surface area is 105 Å². The lowest BCUT2D eigenvalue weighted by molar-refractivity contribution is 0.217. The van der Waals surface area contributed by atoms with Gasteiger partial charge in [-0.25, -0.2) is 9.71 Å². The van der Waals surface area contributed by atoms with E-state index in [0.717, 1.165) is 4.47 Å². The number of rotatable bonds is 5. The molecule has 84 valence electrons. The highest BCUT2D eigenvalue weighted by atomic mass is 79.9. The molecule has 1 rings (SSSR count). The van der Waals surface area contributed by atoms with Crippen molar-refractivity contribution in [2.24, 2.45) is 0 Å². The zero-order valence-electron chi connectivity index (χ0n) is 8.00. The highest BCUT2D eigenvalue weighted by Gasteiger charge is 2.10. The summed E-state index contributed by atoms with van der Waals surface area (Å²) in [6.07, 6.45) is 1.55. The molecule has 1 unspecified atom stereocenters. The number of nitrogens with zero attached hydrogens (tertiary/aromatic N) is 1. The summed E-state index contributed by atoms with van der Waals surface area (Å²) in [5.74, 6) is 0.420. The number of aromatic nitrogens is 1. The first-order chi connectivity index (χ1) is 7.13. The molecule has 0 spiro atoms. The maximum Gasteiger partial charge on any atom is 0.154 e. The van der Waals surface area contributed by atoms with Gasteiger partial charge in [-0.2, -0.15) is 0 Å². The van der Waals surface area contributed by atoms with Crippen molar-refractivity contribution in [3.05, 3.63) is 21.9 Å². The molecule has 0 amide bonds. The van der Waals surface area contributed by atoms with Crippen molar-refractivity contribution in [2.75, 3.05) is 24.2 Å². The van der Waals surface area contributed by atoms with Crippen molar-refractivity contribution in [3.8, 4) is 0 Å². The largest absolute Gasteiger partial charge is 0.593 e. The number of hydrogen-bond donors (Lipinski definition) is 1. The highest BCUT2D eigenvalue weighted by Crippen LogP contribution is 2.24. The van der Waals surface area contributed by atoms with Crippen molar-refractivity contribution in [1.29, 1.82) is 0 Å². The smallest absolute Gasteiger partial charge is 0.154 e. The standard InChI is InChI=1S/C8H10BrClN2O2S/c1-14-2-3-15(13)12-7-4-8(10)11-5-6(7)9/h4-5H,2-3H2,1H3,(H,11,12). The van der Waals surface area contributed by atoms with Crippen LogP contribution in [0, 0.1) is 0 Å². The fourth-order valence-corrected chi connectivity index (χ4v) is 2.26. The van der Waals surface area contributed by atoms with Crippen LogP contribution in [0.1, 0.15) is 0 Å². The average Bonchev–Trinajstić information content (AvgIpc) is 2.20. The fourth-order valence-electron chi connectivity index (χ4n) is 0.824. The van der Waals surface area contributed by atoms with Crippen molar-refractivity contribution >= 4 is 44.6 Å². The first kappa shape index (κ1) is 13.1. The van der Waals surface area contributed by atoms with E-state index in [2.05, 4.69) is 25.6 Å². The molecule has 0 aliphatic rings. The third-order valence-corrected chi connectivity index (χ3v) is 3.34. The van der Waals surface area contributed by atoms with Gasteiger partial charge < -0.3 is 9.29 Å². The summed E-state index contributed by atoms with van der Waals surface area (Å²) in [6.45, 7) is 0.441. The second kappa shape index (κ2) is 6.55. The topological polar surface area (TPSA) is 57.2 Å². The van der Waals surface area contributed by atoms with E-state index in [-0.39, 0.29) is 0 Å². The maximum absolute atomic E-state index is 11.5. The normalized spacial score (nSPS) is 12.5. The van der Waals surface area contributed by atoms with Gasteiger partial charge in [0, 0.05) is 19.4 Å². The zero-order valence-corrected chi connectivity index (χ0v) is 11.2. The third kappa shape index (κ3) is 4.56. The van der Waals surface area contributed by atoms with Gasteiger partial charge in [0.05, 0.1) is 22.4 Å². The Bertz CT molecular complexity index is 330. The van der Waals surface area contributed by atoms with Crippen molar-refractivity contribution in [1.82, 2.24) is 4.98 Å². The number of hydrogen-bond acceptors (Lipinski definition) is 4. The van der Waals surface area contributed by atoms with E-state index in [1.54, 1.807) is 19.4 Å². The molecule has 1 N–H and O–H groups in total. The number of nitrogens with one attached hydrogen (secondary N) is 1. The zero-order chi connectivity index (χ0) is 11.3. The molecule has 0 radical (unpaired) electrons. The van der Waals surface area contributed by atoms with Crippen LogP contribution in [0.2, 0.25) is 5.15 Å². The van der Waals surface area contributed by atoms with Gasteiger partial charge in [0.25, 0.3) is 0 Å². The number of methoxy groups -OCH3 is 1. The first-order valence-electron chi connectivity index (χ1n) is 4.08. The summed E-state index contributed by atoms with van der Waals surface area (Å²) in [4.78, 5) is 3.86. The monoisotopic (exact) mass is 312 g/mol. The number of ether oxygens (including phenoxy) is 1. The molecule has 4 nitrogen and oxygen atoms in total. The second-order valence-corrected chi connectivity index (χ2v) is 5.18. The van der Waals surface area contributed by atoms with E-state index in [0.29, 0.717) is 23.2 Å². The quantitative estimate of drug-likeness (QED) is 0.669. The van der Waals surface area contributed by atoms with Gasteiger partial charge in [0.15, 0.2) is 5.75 Å². The highest BCUT2D eigenvalue weighted by molar-refractivity contribution is 9.10. The summed E-state index contributed by atoms with van der Waals surface area (Å²) in [5, 5.41) is 0.351. The van der Waals surface area contributed by atoms with Crippen LogP contribution in [0.5, 0.6) is 0 Å². The van der Waals surface area contributed by atoms with Gasteiger partial charge in [0.1, 0.15) is 10.8 Å². The molecule has 15 heavy (non-hydrogen) atoms. The van der Waals surface area contributed by atoms with Crippen LogP contribution in [-0.2, 0) is 16.1 Å². The number of anilines is 1. The molecule has 1 aromatic heterocycles. The number of halogens is 2. The van der Waals surface area contributed by atoms with Crippen LogP contribution in [0.25, 0.3) is 0 Å². The molecule has 0 aliphatic carbocycles. The predicted octanol–water partition coefficient (Wildman–Crippen LogP) is 2.22. The molecule has 0 aliphatic heterocycles. The molecule has 0 aromatic carbocycles. The number of pyridine rings is 1. The van der Waals surface area contributed by atoms with Crippen LogP contribution in [0.4, 0.5) is 5.69 Å². The lowest BCUT2D eigenvalue weighted by Crippen LogP contribution is -2.20. The van der Waals surface area contributed by atoms with Crippen LogP contribution in [0.3, 0.4) is 0 Å². The molecule has 0 bridgehead atoms. The Balaban J connectivity index is 2.59. The average molecular weight is 314 g/mol. The minimum Gasteiger partial charge on any atom is -0.593 e. The predicted molar refractivity (Wildman–Crippen MR) is 65.5 cm³/mol. The van der Waals surface area contributed by atoms with Gasteiger partial charge in [-0.05, 0) is 15.9 Å². The van der Waals surface area contributed by atoms with Crippen molar-refractivity contribution in [3.63, 3.8) is 0 Å². The summed E-state index contributed by atoms with van der Waals surface area (Å²) >= 11 is 7.81. The van der Waals surface area contributed by atoms with Crippen molar-refractivity contribution < 1.29 is 9.29 Å². The van der Waals surface area contributed by atoms with Crippen LogP contribution >= 0.6 is 27.5 Å². The van der Waals surface area contributed by atoms with Crippen molar-refractivity contribution in [2.45, 2.75) is 0 Å². The van der Waals surface area contributed by atoms with Crippen LogP contribution in [-0.4, -0.2) is 29.0 Å². The molecule has 1 atom stereocenters.